The van der Waals surface area contributed by atoms with Crippen LogP contribution in [0.3, 0.4) is 0 Å². The van der Waals surface area contributed by atoms with E-state index in [0.29, 0.717) is 18.6 Å². The molecular formula is C13H16N2O2. The fourth-order valence-corrected chi connectivity index (χ4v) is 1.44. The lowest BCUT2D eigenvalue weighted by atomic mass is 10.2. The summed E-state index contributed by atoms with van der Waals surface area (Å²) in [5.41, 5.74) is 1.39. The van der Waals surface area contributed by atoms with E-state index in [4.69, 9.17) is 10.00 Å². The smallest absolute Gasteiger partial charge is 0.226 e. The van der Waals surface area contributed by atoms with E-state index in [1.165, 1.54) is 0 Å². The quantitative estimate of drug-likeness (QED) is 0.729. The van der Waals surface area contributed by atoms with E-state index in [-0.39, 0.29) is 5.91 Å². The lowest BCUT2D eigenvalue weighted by Crippen LogP contribution is -2.26. The number of rotatable bonds is 5. The number of benzene rings is 1. The van der Waals surface area contributed by atoms with Gasteiger partial charge in [0.15, 0.2) is 0 Å². The molecule has 0 aliphatic rings. The van der Waals surface area contributed by atoms with Gasteiger partial charge in [0.25, 0.3) is 0 Å². The number of nitriles is 1. The molecule has 4 nitrogen and oxygen atoms in total. The van der Waals surface area contributed by atoms with Crippen LogP contribution in [-0.4, -0.2) is 26.7 Å². The van der Waals surface area contributed by atoms with Gasteiger partial charge in [-0.2, -0.15) is 5.26 Å². The molecule has 1 aromatic carbocycles. The van der Waals surface area contributed by atoms with E-state index in [9.17, 15) is 4.79 Å². The molecule has 0 unspecified atom stereocenters. The third-order valence-electron chi connectivity index (χ3n) is 2.50. The van der Waals surface area contributed by atoms with Crippen LogP contribution in [0.1, 0.15) is 18.4 Å². The standard InChI is InChI=1S/C13H16N2O2/c1-15(13(16)4-3-9-17-2)12-7-5-11(10-14)6-8-12/h5-8H,3-4,9H2,1-2H3. The highest BCUT2D eigenvalue weighted by Crippen LogP contribution is 2.14. The predicted molar refractivity (Wildman–Crippen MR) is 65.7 cm³/mol. The normalized spacial score (nSPS) is 9.71. The highest BCUT2D eigenvalue weighted by Gasteiger charge is 2.10. The molecule has 17 heavy (non-hydrogen) atoms. The zero-order valence-electron chi connectivity index (χ0n) is 10.1. The van der Waals surface area contributed by atoms with Gasteiger partial charge in [-0.05, 0) is 30.7 Å². The number of carbonyl (C=O) groups is 1. The molecular weight excluding hydrogens is 216 g/mol. The molecule has 0 heterocycles. The summed E-state index contributed by atoms with van der Waals surface area (Å²) < 4.78 is 4.90. The van der Waals surface area contributed by atoms with E-state index < -0.39 is 0 Å². The van der Waals surface area contributed by atoms with Crippen LogP contribution in [0.25, 0.3) is 0 Å². The van der Waals surface area contributed by atoms with Crippen LogP contribution in [0, 0.1) is 11.3 Å². The molecule has 0 atom stereocenters. The molecule has 0 spiro atoms. The van der Waals surface area contributed by atoms with Gasteiger partial charge in [-0.1, -0.05) is 0 Å². The number of hydrogen-bond acceptors (Lipinski definition) is 3. The van der Waals surface area contributed by atoms with E-state index >= 15 is 0 Å². The Hall–Kier alpha value is -1.86. The van der Waals surface area contributed by atoms with Crippen LogP contribution in [0.2, 0.25) is 0 Å². The van der Waals surface area contributed by atoms with Crippen molar-refractivity contribution in [3.63, 3.8) is 0 Å². The highest BCUT2D eigenvalue weighted by molar-refractivity contribution is 5.92. The molecule has 1 aromatic rings. The molecule has 0 bridgehead atoms. The van der Waals surface area contributed by atoms with Crippen molar-refractivity contribution < 1.29 is 9.53 Å². The van der Waals surface area contributed by atoms with E-state index in [2.05, 4.69) is 0 Å². The Morgan fingerprint density at radius 1 is 1.41 bits per heavy atom. The SMILES string of the molecule is COCCCC(=O)N(C)c1ccc(C#N)cc1. The zero-order chi connectivity index (χ0) is 12.7. The van der Waals surface area contributed by atoms with Gasteiger partial charge in [0, 0.05) is 32.9 Å². The molecule has 0 radical (unpaired) electrons. The third kappa shape index (κ3) is 3.89. The van der Waals surface area contributed by atoms with Crippen molar-refractivity contribution in [2.45, 2.75) is 12.8 Å². The van der Waals surface area contributed by atoms with E-state index in [1.807, 2.05) is 6.07 Å². The molecule has 1 amide bonds. The summed E-state index contributed by atoms with van der Waals surface area (Å²) in [5.74, 6) is 0.0479. The number of carbonyl (C=O) groups excluding carboxylic acids is 1. The summed E-state index contributed by atoms with van der Waals surface area (Å²) in [7, 11) is 3.35. The van der Waals surface area contributed by atoms with Gasteiger partial charge in [0.05, 0.1) is 11.6 Å². The van der Waals surface area contributed by atoms with Crippen molar-refractivity contribution in [3.05, 3.63) is 29.8 Å². The Balaban J connectivity index is 2.59. The number of amides is 1. The number of methoxy groups -OCH3 is 1. The largest absolute Gasteiger partial charge is 0.385 e. The average Bonchev–Trinajstić information content (AvgIpc) is 2.38. The van der Waals surface area contributed by atoms with Gasteiger partial charge in [-0.25, -0.2) is 0 Å². The first-order valence-electron chi connectivity index (χ1n) is 5.44. The fourth-order valence-electron chi connectivity index (χ4n) is 1.44. The van der Waals surface area contributed by atoms with Crippen LogP contribution >= 0.6 is 0 Å². The van der Waals surface area contributed by atoms with Gasteiger partial charge in [-0.15, -0.1) is 0 Å². The Kier molecular flexibility index (Phi) is 5.18. The lowest BCUT2D eigenvalue weighted by molar-refractivity contribution is -0.118. The molecule has 0 saturated carbocycles. The van der Waals surface area contributed by atoms with Crippen LogP contribution in [-0.2, 0) is 9.53 Å². The van der Waals surface area contributed by atoms with E-state index in [0.717, 1.165) is 12.1 Å². The van der Waals surface area contributed by atoms with Crippen molar-refractivity contribution in [1.29, 1.82) is 5.26 Å². The molecule has 90 valence electrons. The molecule has 0 N–H and O–H groups in total. The van der Waals surface area contributed by atoms with Crippen LogP contribution in [0.4, 0.5) is 5.69 Å². The van der Waals surface area contributed by atoms with Crippen molar-refractivity contribution in [1.82, 2.24) is 0 Å². The van der Waals surface area contributed by atoms with Gasteiger partial charge < -0.3 is 9.64 Å². The molecule has 4 heteroatoms. The first-order valence-corrected chi connectivity index (χ1v) is 5.44. The fraction of sp³-hybridized carbons (Fsp3) is 0.385. The Labute approximate surface area is 101 Å². The second-order valence-corrected chi connectivity index (χ2v) is 3.71. The second kappa shape index (κ2) is 6.66. The third-order valence-corrected chi connectivity index (χ3v) is 2.50. The highest BCUT2D eigenvalue weighted by atomic mass is 16.5. The predicted octanol–water partition coefficient (Wildman–Crippen LogP) is 1.95. The minimum Gasteiger partial charge on any atom is -0.385 e. The number of ether oxygens (including phenoxy) is 1. The minimum absolute atomic E-state index is 0.0479. The summed E-state index contributed by atoms with van der Waals surface area (Å²) in [5, 5.41) is 8.68. The van der Waals surface area contributed by atoms with Crippen LogP contribution in [0.5, 0.6) is 0 Å². The number of nitrogens with zero attached hydrogens (tertiary/aromatic N) is 2. The second-order valence-electron chi connectivity index (χ2n) is 3.71. The average molecular weight is 232 g/mol. The van der Waals surface area contributed by atoms with Gasteiger partial charge in [0.1, 0.15) is 0 Å². The first kappa shape index (κ1) is 13.2. The van der Waals surface area contributed by atoms with Crippen molar-refractivity contribution in [3.8, 4) is 6.07 Å². The maximum absolute atomic E-state index is 11.8. The van der Waals surface area contributed by atoms with Crippen LogP contribution in [0.15, 0.2) is 24.3 Å². The van der Waals surface area contributed by atoms with Gasteiger partial charge in [-0.3, -0.25) is 4.79 Å². The number of anilines is 1. The summed E-state index contributed by atoms with van der Waals surface area (Å²) in [6, 6.07) is 8.99. The van der Waals surface area contributed by atoms with E-state index in [1.54, 1.807) is 43.3 Å². The van der Waals surface area contributed by atoms with Crippen molar-refractivity contribution in [2.75, 3.05) is 25.7 Å². The van der Waals surface area contributed by atoms with Crippen LogP contribution < -0.4 is 4.90 Å². The molecule has 0 aromatic heterocycles. The monoisotopic (exact) mass is 232 g/mol. The van der Waals surface area contributed by atoms with Gasteiger partial charge >= 0.3 is 0 Å². The zero-order valence-corrected chi connectivity index (χ0v) is 10.1. The van der Waals surface area contributed by atoms with Crippen molar-refractivity contribution in [2.24, 2.45) is 0 Å². The molecule has 0 saturated heterocycles. The summed E-state index contributed by atoms with van der Waals surface area (Å²) in [6.45, 7) is 0.590. The summed E-state index contributed by atoms with van der Waals surface area (Å²) >= 11 is 0. The maximum Gasteiger partial charge on any atom is 0.226 e. The van der Waals surface area contributed by atoms with Gasteiger partial charge in [0.2, 0.25) is 5.91 Å². The summed E-state index contributed by atoms with van der Waals surface area (Å²) in [4.78, 5) is 13.4. The molecule has 0 fully saturated rings. The maximum atomic E-state index is 11.8. The minimum atomic E-state index is 0.0479. The van der Waals surface area contributed by atoms with Crippen molar-refractivity contribution >= 4 is 11.6 Å². The Morgan fingerprint density at radius 2 is 2.06 bits per heavy atom. The molecule has 0 aliphatic heterocycles. The molecule has 0 aliphatic carbocycles. The first-order chi connectivity index (χ1) is 8.19. The summed E-state index contributed by atoms with van der Waals surface area (Å²) in [6.07, 6.45) is 1.18. The Morgan fingerprint density at radius 3 is 2.59 bits per heavy atom. The topological polar surface area (TPSA) is 53.3 Å². The lowest BCUT2D eigenvalue weighted by Gasteiger charge is -2.17. The molecule has 1 rings (SSSR count). The Bertz CT molecular complexity index is 406. The number of hydrogen-bond donors (Lipinski definition) is 0.